The molecule has 2 atom stereocenters. The van der Waals surface area contributed by atoms with Gasteiger partial charge in [0.2, 0.25) is 0 Å². The summed E-state index contributed by atoms with van der Waals surface area (Å²) in [6.07, 6.45) is 4.00. The van der Waals surface area contributed by atoms with Gasteiger partial charge in [-0.1, -0.05) is 13.0 Å². The molecule has 0 spiro atoms. The molecular weight excluding hydrogens is 147 g/mol. The minimum absolute atomic E-state index is 0.0481. The van der Waals surface area contributed by atoms with E-state index in [0.29, 0.717) is 0 Å². The molecule has 58 valence electrons. The van der Waals surface area contributed by atoms with Gasteiger partial charge >= 0.3 is 0 Å². The molecule has 0 radical (unpaired) electrons. The smallest absolute Gasteiger partial charge is 0.102 e. The average molecular weight is 159 g/mol. The minimum atomic E-state index is -0.736. The van der Waals surface area contributed by atoms with E-state index in [9.17, 15) is 4.39 Å². The van der Waals surface area contributed by atoms with Gasteiger partial charge in [0.1, 0.15) is 6.17 Å². The fourth-order valence-corrected chi connectivity index (χ4v) is 2.02. The summed E-state index contributed by atoms with van der Waals surface area (Å²) in [5.41, 5.74) is 0. The summed E-state index contributed by atoms with van der Waals surface area (Å²) in [7, 11) is -0.0481. The second-order valence-corrected chi connectivity index (χ2v) is 4.12. The number of hydrogen-bond acceptors (Lipinski definition) is 1. The van der Waals surface area contributed by atoms with Gasteiger partial charge in [-0.05, 0) is 6.42 Å². The van der Waals surface area contributed by atoms with Crippen LogP contribution in [-0.4, -0.2) is 22.8 Å². The fourth-order valence-electron chi connectivity index (χ4n) is 0.965. The Balaban J connectivity index is 2.86. The van der Waals surface area contributed by atoms with E-state index < -0.39 is 6.17 Å². The molecule has 1 aliphatic rings. The van der Waals surface area contributed by atoms with Gasteiger partial charge < -0.3 is 10.1 Å². The second-order valence-electron chi connectivity index (χ2n) is 2.49. The van der Waals surface area contributed by atoms with Gasteiger partial charge in [0.05, 0.1) is 0 Å². The van der Waals surface area contributed by atoms with Crippen LogP contribution >= 0.6 is 0 Å². The molecule has 1 heterocycles. The zero-order valence-electron chi connectivity index (χ0n) is 6.30. The van der Waals surface area contributed by atoms with Crippen molar-refractivity contribution in [1.29, 1.82) is 0 Å². The van der Waals surface area contributed by atoms with Crippen LogP contribution < -0.4 is 0 Å². The van der Waals surface area contributed by atoms with Crippen LogP contribution in [0, 0.1) is 5.92 Å². The molecule has 0 amide bonds. The predicted octanol–water partition coefficient (Wildman–Crippen LogP) is 1.37. The van der Waals surface area contributed by atoms with Crippen molar-refractivity contribution in [3.05, 3.63) is 6.08 Å². The number of halogens is 1. The molecule has 0 bridgehead atoms. The van der Waals surface area contributed by atoms with Gasteiger partial charge in [-0.2, -0.15) is 5.37 Å². The molecule has 0 aromatic rings. The summed E-state index contributed by atoms with van der Waals surface area (Å²) in [4.78, 5) is 0. The maximum Gasteiger partial charge on any atom is 0.102 e. The molecule has 1 rings (SSSR count). The Morgan fingerprint density at radius 3 is 2.90 bits per heavy atom. The summed E-state index contributed by atoms with van der Waals surface area (Å²) in [5, 5.41) is 4.86. The van der Waals surface area contributed by atoms with Crippen LogP contribution in [0.3, 0.4) is 0 Å². The molecule has 0 saturated heterocycles. The Bertz CT molecular complexity index is 230. The number of alkyl halides is 1. The summed E-state index contributed by atoms with van der Waals surface area (Å²) in [5.74, 6) is 0.0868. The van der Waals surface area contributed by atoms with Crippen molar-refractivity contribution in [2.75, 3.05) is 6.26 Å². The Morgan fingerprint density at radius 2 is 2.40 bits per heavy atom. The van der Waals surface area contributed by atoms with Gasteiger partial charge in [-0.3, -0.25) is 5.02 Å². The standard InChI is InChI=1S/C8H12FS/c1-3-7-4-5-10(2)6-8(7)9/h4,6-8H,3H2,1-2H3/q-1. The van der Waals surface area contributed by atoms with Gasteiger partial charge in [-0.15, -0.1) is 6.26 Å². The van der Waals surface area contributed by atoms with E-state index in [1.54, 1.807) is 5.37 Å². The first-order valence-electron chi connectivity index (χ1n) is 3.47. The van der Waals surface area contributed by atoms with E-state index in [-0.39, 0.29) is 16.0 Å². The van der Waals surface area contributed by atoms with E-state index in [4.69, 9.17) is 0 Å². The number of rotatable bonds is 1. The zero-order valence-corrected chi connectivity index (χ0v) is 7.12. The Labute approximate surface area is 63.3 Å². The first kappa shape index (κ1) is 7.90. The molecule has 0 aromatic heterocycles. The van der Waals surface area contributed by atoms with E-state index in [2.05, 4.69) is 5.02 Å². The van der Waals surface area contributed by atoms with E-state index >= 15 is 0 Å². The van der Waals surface area contributed by atoms with Gasteiger partial charge in [0, 0.05) is 5.92 Å². The second kappa shape index (κ2) is 3.27. The van der Waals surface area contributed by atoms with Crippen molar-refractivity contribution in [2.45, 2.75) is 19.5 Å². The van der Waals surface area contributed by atoms with E-state index in [1.165, 1.54) is 0 Å². The molecule has 0 N–H and O–H groups in total. The molecule has 10 heavy (non-hydrogen) atoms. The van der Waals surface area contributed by atoms with Crippen LogP contribution in [0.5, 0.6) is 0 Å². The highest BCUT2D eigenvalue weighted by Gasteiger charge is 2.10. The fraction of sp³-hybridized carbons (Fsp3) is 0.625. The maximum absolute atomic E-state index is 13.0. The predicted molar refractivity (Wildman–Crippen MR) is 47.6 cm³/mol. The molecule has 0 fully saturated rings. The summed E-state index contributed by atoms with van der Waals surface area (Å²) >= 11 is 0. The third-order valence-electron chi connectivity index (χ3n) is 1.68. The molecule has 0 aromatic carbocycles. The average Bonchev–Trinajstić information content (AvgIpc) is 1.88. The summed E-state index contributed by atoms with van der Waals surface area (Å²) in [6.45, 7) is 2.00. The third kappa shape index (κ3) is 1.65. The first-order valence-corrected chi connectivity index (χ1v) is 5.17. The lowest BCUT2D eigenvalue weighted by Crippen LogP contribution is -2.18. The summed E-state index contributed by atoms with van der Waals surface area (Å²) < 4.78 is 13.0. The number of hydrogen-bond donors (Lipinski definition) is 0. The molecular formula is C8H12FS-. The molecule has 0 saturated carbocycles. The normalized spacial score (nSPS) is 33.1. The monoisotopic (exact) mass is 159 g/mol. The minimum Gasteiger partial charge on any atom is -0.433 e. The highest BCUT2D eigenvalue weighted by molar-refractivity contribution is 7.92. The lowest BCUT2D eigenvalue weighted by molar-refractivity contribution is 0.346. The Morgan fingerprint density at radius 1 is 1.70 bits per heavy atom. The van der Waals surface area contributed by atoms with Gasteiger partial charge in [0.25, 0.3) is 0 Å². The maximum atomic E-state index is 13.0. The van der Waals surface area contributed by atoms with Crippen LogP contribution in [-0.2, 0) is 10.1 Å². The first-order chi connectivity index (χ1) is 4.74. The molecule has 2 unspecified atom stereocenters. The van der Waals surface area contributed by atoms with Crippen LogP contribution in [0.25, 0.3) is 0 Å². The zero-order chi connectivity index (χ0) is 7.56. The Kier molecular flexibility index (Phi) is 2.58. The highest BCUT2D eigenvalue weighted by atomic mass is 32.2. The molecule has 2 heteroatoms. The lowest BCUT2D eigenvalue weighted by atomic mass is 10.0. The largest absolute Gasteiger partial charge is 0.433 e. The van der Waals surface area contributed by atoms with Crippen molar-refractivity contribution in [3.63, 3.8) is 0 Å². The third-order valence-corrected chi connectivity index (χ3v) is 2.86. The van der Waals surface area contributed by atoms with Crippen LogP contribution in [0.15, 0.2) is 6.08 Å². The molecule has 0 nitrogen and oxygen atoms in total. The number of allylic oxidation sites excluding steroid dienone is 1. The SMILES string of the molecule is CCC1C=C=[S-](C)=CC1F. The lowest BCUT2D eigenvalue weighted by Gasteiger charge is -2.18. The van der Waals surface area contributed by atoms with Gasteiger partial charge in [-0.25, -0.2) is 4.39 Å². The van der Waals surface area contributed by atoms with Crippen molar-refractivity contribution in [1.82, 2.24) is 0 Å². The molecule has 1 aliphatic heterocycles. The van der Waals surface area contributed by atoms with Crippen molar-refractivity contribution in [3.8, 4) is 0 Å². The van der Waals surface area contributed by atoms with Crippen LogP contribution in [0.4, 0.5) is 4.39 Å². The van der Waals surface area contributed by atoms with Crippen LogP contribution in [0.1, 0.15) is 13.3 Å². The Hall–Kier alpha value is -0.200. The summed E-state index contributed by atoms with van der Waals surface area (Å²) in [6, 6.07) is 0. The van der Waals surface area contributed by atoms with E-state index in [0.717, 1.165) is 6.42 Å². The quantitative estimate of drug-likeness (QED) is 0.400. The van der Waals surface area contributed by atoms with Gasteiger partial charge in [0.15, 0.2) is 0 Å². The highest BCUT2D eigenvalue weighted by Crippen LogP contribution is 2.12. The van der Waals surface area contributed by atoms with Crippen molar-refractivity contribution < 1.29 is 4.39 Å². The molecule has 0 aliphatic carbocycles. The van der Waals surface area contributed by atoms with Crippen LogP contribution in [0.2, 0.25) is 0 Å². The van der Waals surface area contributed by atoms with E-state index in [1.807, 2.05) is 19.3 Å². The van der Waals surface area contributed by atoms with Crippen molar-refractivity contribution >= 4 is 20.5 Å². The van der Waals surface area contributed by atoms with Crippen molar-refractivity contribution in [2.24, 2.45) is 5.92 Å². The topological polar surface area (TPSA) is 0 Å².